The summed E-state index contributed by atoms with van der Waals surface area (Å²) in [5.74, 6) is 1.74. The third kappa shape index (κ3) is 2.82. The Morgan fingerprint density at radius 3 is 1.33 bits per heavy atom. The van der Waals surface area contributed by atoms with Crippen LogP contribution in [0, 0.1) is 0 Å². The molecule has 0 fully saturated rings. The van der Waals surface area contributed by atoms with Crippen molar-refractivity contribution in [1.29, 1.82) is 0 Å². The van der Waals surface area contributed by atoms with Gasteiger partial charge in [-0.2, -0.15) is 0 Å². The van der Waals surface area contributed by atoms with Gasteiger partial charge >= 0.3 is 0 Å². The molecule has 0 N–H and O–H groups in total. The Morgan fingerprint density at radius 1 is 0.567 bits per heavy atom. The lowest BCUT2D eigenvalue weighted by Gasteiger charge is -2.10. The molecule has 0 saturated heterocycles. The van der Waals surface area contributed by atoms with Crippen molar-refractivity contribution in [2.45, 2.75) is 0 Å². The van der Waals surface area contributed by atoms with E-state index in [2.05, 4.69) is 84.4 Å². The van der Waals surface area contributed by atoms with Crippen LogP contribution in [0.15, 0.2) is 84.9 Å². The molecule has 0 spiro atoms. The number of rotatable bonds is 4. The number of hydrogen-bond donors (Lipinski definition) is 0. The molecule has 5 aromatic rings. The first-order chi connectivity index (χ1) is 14.7. The maximum Gasteiger partial charge on any atom is 0.128 e. The van der Waals surface area contributed by atoms with Crippen LogP contribution in [0.3, 0.4) is 0 Å². The molecule has 1 heterocycles. The van der Waals surface area contributed by atoms with E-state index in [4.69, 9.17) is 9.47 Å². The number of fused-ring (bicyclic) bond motifs is 3. The predicted molar refractivity (Wildman–Crippen MR) is 124 cm³/mol. The molecular formula is C27H23NO2. The van der Waals surface area contributed by atoms with Gasteiger partial charge in [0, 0.05) is 41.1 Å². The van der Waals surface area contributed by atoms with Gasteiger partial charge in [-0.3, -0.25) is 0 Å². The highest BCUT2D eigenvalue weighted by molar-refractivity contribution is 6.12. The molecule has 0 atom stereocenters. The van der Waals surface area contributed by atoms with Gasteiger partial charge in [-0.1, -0.05) is 60.7 Å². The molecule has 0 saturated carbocycles. The lowest BCUT2D eigenvalue weighted by Crippen LogP contribution is -1.92. The molecule has 148 valence electrons. The number of nitrogens with zero attached hydrogens (tertiary/aromatic N) is 1. The standard InChI is InChI=1S/C27H23NO2/c1-28-24-16-26(29-2)20(18-10-6-4-7-11-18)14-22(24)23-15-21(19-12-8-5-9-13-19)27(30-3)17-25(23)28/h4-17H,1-3H3. The van der Waals surface area contributed by atoms with Crippen molar-refractivity contribution in [3.63, 3.8) is 0 Å². The fourth-order valence-corrected chi connectivity index (χ4v) is 4.28. The first kappa shape index (κ1) is 18.3. The van der Waals surface area contributed by atoms with E-state index in [0.29, 0.717) is 0 Å². The second kappa shape index (κ2) is 7.27. The van der Waals surface area contributed by atoms with Gasteiger partial charge in [0.15, 0.2) is 0 Å². The zero-order valence-electron chi connectivity index (χ0n) is 17.3. The SMILES string of the molecule is COc1cc2c(cc1-c1ccccc1)c1cc(-c3ccccc3)c(OC)cc1n2C. The quantitative estimate of drug-likeness (QED) is 0.340. The van der Waals surface area contributed by atoms with Crippen LogP contribution in [0.1, 0.15) is 0 Å². The molecule has 3 heteroatoms. The highest BCUT2D eigenvalue weighted by Gasteiger charge is 2.17. The van der Waals surface area contributed by atoms with E-state index in [1.165, 1.54) is 10.8 Å². The van der Waals surface area contributed by atoms with Crippen molar-refractivity contribution in [2.24, 2.45) is 7.05 Å². The Bertz CT molecular complexity index is 1250. The summed E-state index contributed by atoms with van der Waals surface area (Å²) in [6.45, 7) is 0. The van der Waals surface area contributed by atoms with Crippen LogP contribution in [0.2, 0.25) is 0 Å². The lowest BCUT2D eigenvalue weighted by molar-refractivity contribution is 0.417. The molecule has 0 unspecified atom stereocenters. The van der Waals surface area contributed by atoms with E-state index < -0.39 is 0 Å². The van der Waals surface area contributed by atoms with Gasteiger partial charge in [-0.15, -0.1) is 0 Å². The van der Waals surface area contributed by atoms with Gasteiger partial charge in [0.2, 0.25) is 0 Å². The molecule has 0 aliphatic rings. The first-order valence-corrected chi connectivity index (χ1v) is 10.00. The molecular weight excluding hydrogens is 370 g/mol. The van der Waals surface area contributed by atoms with Crippen LogP contribution in [0.25, 0.3) is 44.1 Å². The molecule has 1 aromatic heterocycles. The Kier molecular flexibility index (Phi) is 4.44. The normalized spacial score (nSPS) is 11.2. The van der Waals surface area contributed by atoms with E-state index in [1.807, 2.05) is 12.1 Å². The summed E-state index contributed by atoms with van der Waals surface area (Å²) in [7, 11) is 5.55. The van der Waals surface area contributed by atoms with Crippen molar-refractivity contribution in [1.82, 2.24) is 4.57 Å². The average molecular weight is 393 g/mol. The summed E-state index contributed by atoms with van der Waals surface area (Å²) in [4.78, 5) is 0. The minimum atomic E-state index is 0.870. The van der Waals surface area contributed by atoms with E-state index >= 15 is 0 Å². The van der Waals surface area contributed by atoms with E-state index in [-0.39, 0.29) is 0 Å². The Balaban J connectivity index is 1.85. The number of ether oxygens (including phenoxy) is 2. The van der Waals surface area contributed by atoms with Gasteiger partial charge in [-0.25, -0.2) is 0 Å². The van der Waals surface area contributed by atoms with Crippen LogP contribution in [-0.2, 0) is 7.05 Å². The molecule has 0 amide bonds. The van der Waals surface area contributed by atoms with Crippen molar-refractivity contribution in [3.8, 4) is 33.8 Å². The summed E-state index contributed by atoms with van der Waals surface area (Å²) < 4.78 is 13.7. The summed E-state index contributed by atoms with van der Waals surface area (Å²) in [6.07, 6.45) is 0. The molecule has 4 aromatic carbocycles. The molecule has 3 nitrogen and oxygen atoms in total. The largest absolute Gasteiger partial charge is 0.496 e. The van der Waals surface area contributed by atoms with Crippen molar-refractivity contribution in [2.75, 3.05) is 14.2 Å². The molecule has 0 bridgehead atoms. The molecule has 30 heavy (non-hydrogen) atoms. The zero-order valence-corrected chi connectivity index (χ0v) is 17.3. The summed E-state index contributed by atoms with van der Waals surface area (Å²) in [5, 5.41) is 2.40. The van der Waals surface area contributed by atoms with Crippen LogP contribution in [-0.4, -0.2) is 18.8 Å². The topological polar surface area (TPSA) is 23.4 Å². The lowest BCUT2D eigenvalue weighted by atomic mass is 9.99. The molecule has 0 aliphatic carbocycles. The molecule has 5 rings (SSSR count). The zero-order chi connectivity index (χ0) is 20.7. The highest BCUT2D eigenvalue weighted by atomic mass is 16.5. The predicted octanol–water partition coefficient (Wildman–Crippen LogP) is 6.68. The van der Waals surface area contributed by atoms with Gasteiger partial charge in [-0.05, 0) is 23.3 Å². The van der Waals surface area contributed by atoms with Gasteiger partial charge in [0.25, 0.3) is 0 Å². The van der Waals surface area contributed by atoms with Crippen molar-refractivity contribution in [3.05, 3.63) is 84.9 Å². The molecule has 0 aliphatic heterocycles. The maximum absolute atomic E-state index is 5.76. The monoisotopic (exact) mass is 393 g/mol. The number of hydrogen-bond acceptors (Lipinski definition) is 2. The van der Waals surface area contributed by atoms with Crippen LogP contribution < -0.4 is 9.47 Å². The van der Waals surface area contributed by atoms with Gasteiger partial charge in [0.1, 0.15) is 11.5 Å². The van der Waals surface area contributed by atoms with Crippen molar-refractivity contribution >= 4 is 21.8 Å². The average Bonchev–Trinajstić information content (AvgIpc) is 3.08. The second-order valence-corrected chi connectivity index (χ2v) is 7.43. The first-order valence-electron chi connectivity index (χ1n) is 10.00. The number of aromatic nitrogens is 1. The third-order valence-corrected chi connectivity index (χ3v) is 5.82. The smallest absolute Gasteiger partial charge is 0.128 e. The van der Waals surface area contributed by atoms with E-state index in [9.17, 15) is 0 Å². The minimum Gasteiger partial charge on any atom is -0.496 e. The second-order valence-electron chi connectivity index (χ2n) is 7.43. The summed E-state index contributed by atoms with van der Waals surface area (Å²) in [5.41, 5.74) is 6.74. The van der Waals surface area contributed by atoms with Gasteiger partial charge in [0.05, 0.1) is 25.3 Å². The highest BCUT2D eigenvalue weighted by Crippen LogP contribution is 2.42. The fraction of sp³-hybridized carbons (Fsp3) is 0.111. The van der Waals surface area contributed by atoms with Gasteiger partial charge < -0.3 is 14.0 Å². The summed E-state index contributed by atoms with van der Waals surface area (Å²) >= 11 is 0. The number of benzene rings is 4. The van der Waals surface area contributed by atoms with E-state index in [0.717, 1.165) is 44.8 Å². The Morgan fingerprint density at radius 2 is 0.967 bits per heavy atom. The van der Waals surface area contributed by atoms with Crippen LogP contribution in [0.4, 0.5) is 0 Å². The van der Waals surface area contributed by atoms with Crippen LogP contribution >= 0.6 is 0 Å². The van der Waals surface area contributed by atoms with E-state index in [1.54, 1.807) is 14.2 Å². The molecule has 0 radical (unpaired) electrons. The fourth-order valence-electron chi connectivity index (χ4n) is 4.28. The third-order valence-electron chi connectivity index (χ3n) is 5.82. The number of aryl methyl sites for hydroxylation is 1. The van der Waals surface area contributed by atoms with Crippen molar-refractivity contribution < 1.29 is 9.47 Å². The maximum atomic E-state index is 5.76. The Labute approximate surface area is 176 Å². The summed E-state index contributed by atoms with van der Waals surface area (Å²) in [6, 6.07) is 29.5. The van der Waals surface area contributed by atoms with Crippen LogP contribution in [0.5, 0.6) is 11.5 Å². The number of methoxy groups -OCH3 is 2. The minimum absolute atomic E-state index is 0.870. The Hall–Kier alpha value is -3.72.